The highest BCUT2D eigenvalue weighted by Gasteiger charge is 2.26. The summed E-state index contributed by atoms with van der Waals surface area (Å²) >= 11 is 0. The van der Waals surface area contributed by atoms with Crippen molar-refractivity contribution < 1.29 is 0 Å². The third kappa shape index (κ3) is 2.61. The van der Waals surface area contributed by atoms with Crippen molar-refractivity contribution in [2.24, 2.45) is 0 Å². The van der Waals surface area contributed by atoms with Crippen LogP contribution in [0.5, 0.6) is 0 Å². The number of benzene rings is 1. The number of nitrogens with one attached hydrogen (secondary N) is 2. The van der Waals surface area contributed by atoms with Gasteiger partial charge >= 0.3 is 0 Å². The second-order valence-corrected chi connectivity index (χ2v) is 5.54. The summed E-state index contributed by atoms with van der Waals surface area (Å²) in [7, 11) is 0. The zero-order chi connectivity index (χ0) is 13.8. The molecular formula is C16H22N4. The monoisotopic (exact) mass is 270 g/mol. The maximum absolute atomic E-state index is 4.29. The summed E-state index contributed by atoms with van der Waals surface area (Å²) in [5, 5.41) is 14.6. The Balaban J connectivity index is 1.94. The molecule has 1 heterocycles. The van der Waals surface area contributed by atoms with E-state index in [1.165, 1.54) is 30.4 Å². The molecule has 4 heteroatoms. The van der Waals surface area contributed by atoms with Crippen LogP contribution in [0, 0.1) is 0 Å². The van der Waals surface area contributed by atoms with E-state index in [1.807, 2.05) is 6.20 Å². The second kappa shape index (κ2) is 6.18. The average molecular weight is 270 g/mol. The van der Waals surface area contributed by atoms with Crippen molar-refractivity contribution >= 4 is 0 Å². The summed E-state index contributed by atoms with van der Waals surface area (Å²) in [5.41, 5.74) is 3.82. The van der Waals surface area contributed by atoms with Gasteiger partial charge in [-0.2, -0.15) is 15.4 Å². The first kappa shape index (κ1) is 13.3. The van der Waals surface area contributed by atoms with Gasteiger partial charge < -0.3 is 5.32 Å². The summed E-state index contributed by atoms with van der Waals surface area (Å²) in [6, 6.07) is 8.93. The highest BCUT2D eigenvalue weighted by Crippen LogP contribution is 2.40. The third-order valence-corrected chi connectivity index (χ3v) is 4.18. The molecule has 106 valence electrons. The highest BCUT2D eigenvalue weighted by atomic mass is 15.3. The molecular weight excluding hydrogens is 248 g/mol. The van der Waals surface area contributed by atoms with Gasteiger partial charge in [-0.25, -0.2) is 0 Å². The topological polar surface area (TPSA) is 53.6 Å². The number of hydrogen-bond acceptors (Lipinski definition) is 3. The Hall–Kier alpha value is -1.68. The molecule has 1 aromatic heterocycles. The molecule has 1 saturated carbocycles. The summed E-state index contributed by atoms with van der Waals surface area (Å²) < 4.78 is 0. The lowest BCUT2D eigenvalue weighted by atomic mass is 9.77. The van der Waals surface area contributed by atoms with Crippen molar-refractivity contribution in [3.8, 4) is 0 Å². The molecule has 3 rings (SSSR count). The van der Waals surface area contributed by atoms with Crippen molar-refractivity contribution in [1.82, 2.24) is 20.7 Å². The number of hydrogen-bond donors (Lipinski definition) is 2. The van der Waals surface area contributed by atoms with Crippen LogP contribution in [0.4, 0.5) is 0 Å². The van der Waals surface area contributed by atoms with E-state index in [0.29, 0.717) is 0 Å². The molecule has 20 heavy (non-hydrogen) atoms. The van der Waals surface area contributed by atoms with Gasteiger partial charge in [-0.15, -0.1) is 0 Å². The fourth-order valence-corrected chi connectivity index (χ4v) is 2.88. The highest BCUT2D eigenvalue weighted by molar-refractivity contribution is 5.37. The minimum atomic E-state index is 0.144. The minimum absolute atomic E-state index is 0.144. The quantitative estimate of drug-likeness (QED) is 0.847. The molecule has 1 atom stereocenters. The number of H-pyrrole nitrogens is 1. The number of aromatic nitrogens is 3. The van der Waals surface area contributed by atoms with Crippen LogP contribution in [0.3, 0.4) is 0 Å². The lowest BCUT2D eigenvalue weighted by molar-refractivity contribution is 0.413. The Morgan fingerprint density at radius 3 is 2.85 bits per heavy atom. The van der Waals surface area contributed by atoms with Gasteiger partial charge in [0.05, 0.1) is 12.2 Å². The predicted molar refractivity (Wildman–Crippen MR) is 79.6 cm³/mol. The molecule has 1 unspecified atom stereocenters. The van der Waals surface area contributed by atoms with Crippen LogP contribution >= 0.6 is 0 Å². The largest absolute Gasteiger partial charge is 0.305 e. The van der Waals surface area contributed by atoms with Crippen LogP contribution in [0.2, 0.25) is 0 Å². The first-order chi connectivity index (χ1) is 9.90. The van der Waals surface area contributed by atoms with Gasteiger partial charge in [0.15, 0.2) is 0 Å². The van der Waals surface area contributed by atoms with Gasteiger partial charge in [-0.1, -0.05) is 37.6 Å². The third-order valence-electron chi connectivity index (χ3n) is 4.18. The summed E-state index contributed by atoms with van der Waals surface area (Å²) in [5.74, 6) is 0.726. The van der Waals surface area contributed by atoms with Crippen LogP contribution < -0.4 is 5.32 Å². The summed E-state index contributed by atoms with van der Waals surface area (Å²) in [6.07, 6.45) is 6.92. The standard InChI is InChI=1S/C16H22N4/c1-2-10-17-16(15-11-18-20-19-15)14-9-4-3-8-13(14)12-6-5-7-12/h3-4,8-9,11-12,16-17H,2,5-7,10H2,1H3,(H,18,19,20). The van der Waals surface area contributed by atoms with Crippen LogP contribution in [0.15, 0.2) is 30.5 Å². The smallest absolute Gasteiger partial charge is 0.104 e. The van der Waals surface area contributed by atoms with E-state index in [4.69, 9.17) is 0 Å². The fraction of sp³-hybridized carbons (Fsp3) is 0.500. The van der Waals surface area contributed by atoms with E-state index in [0.717, 1.165) is 24.6 Å². The molecule has 4 nitrogen and oxygen atoms in total. The van der Waals surface area contributed by atoms with E-state index in [-0.39, 0.29) is 6.04 Å². The lowest BCUT2D eigenvalue weighted by Gasteiger charge is -2.30. The molecule has 0 radical (unpaired) electrons. The molecule has 2 N–H and O–H groups in total. The molecule has 0 aliphatic heterocycles. The van der Waals surface area contributed by atoms with Crippen LogP contribution in [0.1, 0.15) is 61.4 Å². The Morgan fingerprint density at radius 1 is 1.35 bits per heavy atom. The van der Waals surface area contributed by atoms with Gasteiger partial charge in [0.2, 0.25) is 0 Å². The van der Waals surface area contributed by atoms with Crippen LogP contribution in [0.25, 0.3) is 0 Å². The predicted octanol–water partition coefficient (Wildman–Crippen LogP) is 3.16. The van der Waals surface area contributed by atoms with Gasteiger partial charge in [-0.3, -0.25) is 0 Å². The van der Waals surface area contributed by atoms with Crippen molar-refractivity contribution in [2.75, 3.05) is 6.54 Å². The number of aromatic amines is 1. The van der Waals surface area contributed by atoms with E-state index in [1.54, 1.807) is 0 Å². The van der Waals surface area contributed by atoms with Crippen molar-refractivity contribution in [2.45, 2.75) is 44.6 Å². The molecule has 0 spiro atoms. The second-order valence-electron chi connectivity index (χ2n) is 5.54. The molecule has 1 aliphatic rings. The van der Waals surface area contributed by atoms with Crippen LogP contribution in [-0.2, 0) is 0 Å². The van der Waals surface area contributed by atoms with Crippen molar-refractivity contribution in [1.29, 1.82) is 0 Å². The van der Waals surface area contributed by atoms with Gasteiger partial charge in [0.25, 0.3) is 0 Å². The van der Waals surface area contributed by atoms with Gasteiger partial charge in [-0.05, 0) is 42.9 Å². The lowest BCUT2D eigenvalue weighted by Crippen LogP contribution is -2.26. The molecule has 1 fully saturated rings. The first-order valence-electron chi connectivity index (χ1n) is 7.58. The maximum atomic E-state index is 4.29. The minimum Gasteiger partial charge on any atom is -0.305 e. The molecule has 1 aliphatic carbocycles. The maximum Gasteiger partial charge on any atom is 0.104 e. The van der Waals surface area contributed by atoms with Crippen molar-refractivity contribution in [3.05, 3.63) is 47.3 Å². The molecule has 0 bridgehead atoms. The Labute approximate surface area is 120 Å². The van der Waals surface area contributed by atoms with Crippen LogP contribution in [-0.4, -0.2) is 22.0 Å². The Morgan fingerprint density at radius 2 is 2.20 bits per heavy atom. The molecule has 0 saturated heterocycles. The average Bonchev–Trinajstić information content (AvgIpc) is 2.93. The molecule has 1 aromatic carbocycles. The van der Waals surface area contributed by atoms with E-state index < -0.39 is 0 Å². The molecule has 0 amide bonds. The fourth-order valence-electron chi connectivity index (χ4n) is 2.88. The Bertz CT molecular complexity index is 531. The zero-order valence-corrected chi connectivity index (χ0v) is 12.0. The number of rotatable bonds is 6. The van der Waals surface area contributed by atoms with Crippen molar-refractivity contribution in [3.63, 3.8) is 0 Å². The molecule has 2 aromatic rings. The van der Waals surface area contributed by atoms with E-state index in [9.17, 15) is 0 Å². The zero-order valence-electron chi connectivity index (χ0n) is 12.0. The van der Waals surface area contributed by atoms with Gasteiger partial charge in [0.1, 0.15) is 5.69 Å². The normalized spacial score (nSPS) is 16.9. The first-order valence-corrected chi connectivity index (χ1v) is 7.58. The van der Waals surface area contributed by atoms with E-state index >= 15 is 0 Å². The SMILES string of the molecule is CCCNC(c1cn[nH]n1)c1ccccc1C1CCC1. The Kier molecular flexibility index (Phi) is 4.11. The van der Waals surface area contributed by atoms with Gasteiger partial charge in [0, 0.05) is 0 Å². The summed E-state index contributed by atoms with van der Waals surface area (Å²) in [6.45, 7) is 3.17. The van der Waals surface area contributed by atoms with E-state index in [2.05, 4.69) is 51.9 Å². The summed E-state index contributed by atoms with van der Waals surface area (Å²) in [4.78, 5) is 0. The number of nitrogens with zero attached hydrogens (tertiary/aromatic N) is 2.